The van der Waals surface area contributed by atoms with Crippen LogP contribution in [0.2, 0.25) is 0 Å². The van der Waals surface area contributed by atoms with Crippen molar-refractivity contribution in [3.63, 3.8) is 0 Å². The number of H-pyrrole nitrogens is 1. The minimum atomic E-state index is -0.501. The first kappa shape index (κ1) is 17.9. The van der Waals surface area contributed by atoms with Gasteiger partial charge in [-0.3, -0.25) is 9.59 Å². The van der Waals surface area contributed by atoms with E-state index in [-0.39, 0.29) is 0 Å². The quantitative estimate of drug-likeness (QED) is 0.363. The molecule has 5 nitrogen and oxygen atoms in total. The molecule has 1 aromatic heterocycles. The van der Waals surface area contributed by atoms with Crippen LogP contribution >= 0.6 is 0 Å². The molecule has 0 aliphatic heterocycles. The van der Waals surface area contributed by atoms with E-state index in [0.29, 0.717) is 17.9 Å². The van der Waals surface area contributed by atoms with E-state index in [2.05, 4.69) is 33.8 Å². The first-order valence-corrected chi connectivity index (χ1v) is 9.76. The molecule has 0 radical (unpaired) electrons. The highest BCUT2D eigenvalue weighted by atomic mass is 16.2. The molecule has 3 N–H and O–H groups in total. The monoisotopic (exact) mass is 393 g/mol. The molecule has 1 heterocycles. The van der Waals surface area contributed by atoms with Gasteiger partial charge in [-0.1, -0.05) is 72.8 Å². The lowest BCUT2D eigenvalue weighted by Gasteiger charge is -2.16. The second kappa shape index (κ2) is 7.37. The van der Waals surface area contributed by atoms with Crippen molar-refractivity contribution in [3.8, 4) is 11.1 Å². The Balaban J connectivity index is 1.41. The summed E-state index contributed by atoms with van der Waals surface area (Å²) in [6.45, 7) is 0.443. The van der Waals surface area contributed by atoms with E-state index >= 15 is 0 Å². The van der Waals surface area contributed by atoms with Crippen LogP contribution in [0.5, 0.6) is 0 Å². The van der Waals surface area contributed by atoms with Crippen LogP contribution in [-0.4, -0.2) is 4.98 Å². The van der Waals surface area contributed by atoms with Gasteiger partial charge in [-0.05, 0) is 22.8 Å². The maximum Gasteiger partial charge on any atom is 0.253 e. The molecular weight excluding hydrogens is 374 g/mol. The smallest absolute Gasteiger partial charge is 0.253 e. The van der Waals surface area contributed by atoms with Gasteiger partial charge in [0, 0.05) is 23.6 Å². The van der Waals surface area contributed by atoms with Gasteiger partial charge in [0.05, 0.1) is 5.69 Å². The van der Waals surface area contributed by atoms with E-state index in [9.17, 15) is 9.59 Å². The number of benzene rings is 3. The van der Waals surface area contributed by atoms with E-state index in [1.54, 1.807) is 6.20 Å². The minimum Gasteiger partial charge on any atom is -0.376 e. The maximum absolute atomic E-state index is 12.2. The van der Waals surface area contributed by atoms with Crippen molar-refractivity contribution < 1.29 is 0 Å². The number of anilines is 3. The van der Waals surface area contributed by atoms with Crippen LogP contribution in [0.1, 0.15) is 5.56 Å². The van der Waals surface area contributed by atoms with Crippen LogP contribution < -0.4 is 21.5 Å². The fourth-order valence-electron chi connectivity index (χ4n) is 3.75. The highest BCUT2D eigenvalue weighted by Crippen LogP contribution is 2.29. The molecule has 0 fully saturated rings. The molecule has 0 bridgehead atoms. The average molecular weight is 393 g/mol. The van der Waals surface area contributed by atoms with Gasteiger partial charge in [-0.25, -0.2) is 0 Å². The number of nitrogens with one attached hydrogen (secondary N) is 3. The van der Waals surface area contributed by atoms with Crippen molar-refractivity contribution >= 4 is 28.0 Å². The molecular formula is C25H19N3O2. The highest BCUT2D eigenvalue weighted by Gasteiger charge is 2.22. The van der Waals surface area contributed by atoms with Gasteiger partial charge in [-0.2, -0.15) is 0 Å². The Morgan fingerprint density at radius 2 is 1.43 bits per heavy atom. The van der Waals surface area contributed by atoms with Crippen LogP contribution in [0, 0.1) is 0 Å². The first-order valence-electron chi connectivity index (χ1n) is 9.76. The van der Waals surface area contributed by atoms with Gasteiger partial charge in [0.15, 0.2) is 0 Å². The number of para-hydroxylation sites is 1. The summed E-state index contributed by atoms with van der Waals surface area (Å²) in [7, 11) is 0. The van der Waals surface area contributed by atoms with Crippen molar-refractivity contribution in [2.75, 3.05) is 10.6 Å². The van der Waals surface area contributed by atoms with Gasteiger partial charge in [0.25, 0.3) is 10.9 Å². The van der Waals surface area contributed by atoms with Crippen molar-refractivity contribution in [2.45, 2.75) is 6.54 Å². The minimum absolute atomic E-state index is 0.307. The Hall–Kier alpha value is -4.12. The van der Waals surface area contributed by atoms with Crippen LogP contribution in [0.3, 0.4) is 0 Å². The molecule has 0 saturated carbocycles. The van der Waals surface area contributed by atoms with E-state index in [1.165, 1.54) is 0 Å². The summed E-state index contributed by atoms with van der Waals surface area (Å²) in [6, 6.07) is 25.9. The summed E-state index contributed by atoms with van der Waals surface area (Å²) in [5.74, 6) is 0. The second-order valence-corrected chi connectivity index (χ2v) is 7.16. The molecule has 30 heavy (non-hydrogen) atoms. The summed E-state index contributed by atoms with van der Waals surface area (Å²) >= 11 is 0. The third kappa shape index (κ3) is 3.06. The Labute approximate surface area is 172 Å². The lowest BCUT2D eigenvalue weighted by atomic mass is 9.99. The number of hydrogen-bond donors (Lipinski definition) is 3. The van der Waals surface area contributed by atoms with Crippen molar-refractivity contribution in [2.24, 2.45) is 0 Å². The zero-order valence-corrected chi connectivity index (χ0v) is 16.1. The molecule has 0 unspecified atom stereocenters. The first-order chi connectivity index (χ1) is 14.7. The number of hydrogen-bond acceptors (Lipinski definition) is 4. The van der Waals surface area contributed by atoms with Crippen LogP contribution in [-0.2, 0) is 6.54 Å². The van der Waals surface area contributed by atoms with Gasteiger partial charge in [0.2, 0.25) is 0 Å². The third-order valence-electron chi connectivity index (χ3n) is 5.32. The molecule has 4 aromatic carbocycles. The molecule has 146 valence electrons. The molecule has 0 saturated heterocycles. The van der Waals surface area contributed by atoms with Crippen molar-refractivity contribution in [1.29, 1.82) is 0 Å². The van der Waals surface area contributed by atoms with E-state index in [0.717, 1.165) is 33.3 Å². The molecule has 0 aliphatic carbocycles. The van der Waals surface area contributed by atoms with Gasteiger partial charge in [-0.15, -0.1) is 0 Å². The summed E-state index contributed by atoms with van der Waals surface area (Å²) < 4.78 is 0. The Morgan fingerprint density at radius 3 is 2.30 bits per heavy atom. The fourth-order valence-corrected chi connectivity index (χ4v) is 3.75. The lowest BCUT2D eigenvalue weighted by molar-refractivity contribution is 1.13. The predicted octanol–water partition coefficient (Wildman–Crippen LogP) is 4.79. The van der Waals surface area contributed by atoms with Crippen LogP contribution in [0.15, 0.2) is 94.6 Å². The molecule has 0 spiro atoms. The average Bonchev–Trinajstić information content (AvgIpc) is 3.22. The molecule has 5 rings (SSSR count). The molecule has 5 aromatic rings. The number of fused-ring (bicyclic) bond motifs is 1. The van der Waals surface area contributed by atoms with E-state index < -0.39 is 10.9 Å². The number of aromatic nitrogens is 1. The predicted molar refractivity (Wildman–Crippen MR) is 122 cm³/mol. The van der Waals surface area contributed by atoms with Crippen molar-refractivity contribution in [3.05, 3.63) is 111 Å². The molecule has 0 amide bonds. The SMILES string of the molecule is O=c1c(NCc2ccccc2-c2ccccc2)c(Nc2c[nH]c3ccccc23)c1=O. The van der Waals surface area contributed by atoms with Gasteiger partial charge < -0.3 is 15.6 Å². The summed E-state index contributed by atoms with van der Waals surface area (Å²) in [4.78, 5) is 27.6. The maximum atomic E-state index is 12.2. The topological polar surface area (TPSA) is 74.0 Å². The third-order valence-corrected chi connectivity index (χ3v) is 5.32. The molecule has 5 heteroatoms. The van der Waals surface area contributed by atoms with E-state index in [4.69, 9.17) is 0 Å². The van der Waals surface area contributed by atoms with Gasteiger partial charge >= 0.3 is 0 Å². The summed E-state index contributed by atoms with van der Waals surface area (Å²) in [5, 5.41) is 7.27. The van der Waals surface area contributed by atoms with Crippen molar-refractivity contribution in [1.82, 2.24) is 4.98 Å². The summed E-state index contributed by atoms with van der Waals surface area (Å²) in [6.07, 6.45) is 1.80. The molecule has 0 aliphatic rings. The van der Waals surface area contributed by atoms with Crippen LogP contribution in [0.25, 0.3) is 22.0 Å². The van der Waals surface area contributed by atoms with Crippen LogP contribution in [0.4, 0.5) is 17.1 Å². The standard InChI is InChI=1S/C25H19N3O2/c29-24-22(23(25(24)30)28-21-15-26-20-13-7-6-12-19(20)21)27-14-17-10-4-5-11-18(17)16-8-2-1-3-9-16/h1-13,15,26-28H,14H2. The largest absolute Gasteiger partial charge is 0.376 e. The van der Waals surface area contributed by atoms with Gasteiger partial charge in [0.1, 0.15) is 11.4 Å². The van der Waals surface area contributed by atoms with E-state index in [1.807, 2.05) is 60.7 Å². The number of rotatable bonds is 6. The zero-order valence-electron chi connectivity index (χ0n) is 16.1. The summed E-state index contributed by atoms with van der Waals surface area (Å²) in [5.41, 5.74) is 4.63. The Morgan fingerprint density at radius 1 is 0.733 bits per heavy atom. The molecule has 0 atom stereocenters. The normalized spacial score (nSPS) is 11.1. The number of aromatic amines is 1. The lowest BCUT2D eigenvalue weighted by Crippen LogP contribution is -2.36. The Bertz CT molecular complexity index is 1410. The zero-order chi connectivity index (χ0) is 20.5. The fraction of sp³-hybridized carbons (Fsp3) is 0.0400. The highest BCUT2D eigenvalue weighted by molar-refractivity contribution is 5.95. The Kier molecular flexibility index (Phi) is 4.41. The second-order valence-electron chi connectivity index (χ2n) is 7.16.